The monoisotopic (exact) mass is 214 g/mol. The highest BCUT2D eigenvalue weighted by Crippen LogP contribution is 2.16. The van der Waals surface area contributed by atoms with Crippen LogP contribution in [0, 0.1) is 18.3 Å². The van der Waals surface area contributed by atoms with Gasteiger partial charge in [0.2, 0.25) is 0 Å². The van der Waals surface area contributed by atoms with Crippen LogP contribution in [0.1, 0.15) is 36.0 Å². The van der Waals surface area contributed by atoms with E-state index >= 15 is 0 Å². The molecule has 0 saturated carbocycles. The molecule has 1 saturated heterocycles. The van der Waals surface area contributed by atoms with E-state index < -0.39 is 0 Å². The molecule has 1 aliphatic heterocycles. The zero-order chi connectivity index (χ0) is 11.4. The summed E-state index contributed by atoms with van der Waals surface area (Å²) in [5.41, 5.74) is 3.37. The highest BCUT2D eigenvalue weighted by molar-refractivity contribution is 5.37. The summed E-state index contributed by atoms with van der Waals surface area (Å²) in [6.07, 6.45) is 4.04. The second-order valence-corrected chi connectivity index (χ2v) is 4.59. The predicted octanol–water partition coefficient (Wildman–Crippen LogP) is 2.85. The van der Waals surface area contributed by atoms with Crippen molar-refractivity contribution in [3.63, 3.8) is 0 Å². The van der Waals surface area contributed by atoms with Gasteiger partial charge >= 0.3 is 0 Å². The molecule has 1 aliphatic rings. The first-order chi connectivity index (χ1) is 7.79. The minimum Gasteiger partial charge on any atom is -0.299 e. The summed E-state index contributed by atoms with van der Waals surface area (Å²) in [5, 5.41) is 8.81. The third-order valence-electron chi connectivity index (χ3n) is 3.31. The van der Waals surface area contributed by atoms with Gasteiger partial charge in [-0.25, -0.2) is 0 Å². The van der Waals surface area contributed by atoms with Gasteiger partial charge in [-0.1, -0.05) is 12.5 Å². The Balaban J connectivity index is 2.06. The Kier molecular flexibility index (Phi) is 3.58. The smallest absolute Gasteiger partial charge is 0.0991 e. The number of piperidine rings is 1. The first kappa shape index (κ1) is 11.2. The molecule has 0 radical (unpaired) electrons. The summed E-state index contributed by atoms with van der Waals surface area (Å²) in [7, 11) is 0. The Morgan fingerprint density at radius 3 is 2.62 bits per heavy atom. The molecule has 0 bridgehead atoms. The van der Waals surface area contributed by atoms with E-state index in [-0.39, 0.29) is 0 Å². The van der Waals surface area contributed by atoms with Crippen LogP contribution in [-0.2, 0) is 6.54 Å². The topological polar surface area (TPSA) is 27.0 Å². The van der Waals surface area contributed by atoms with Crippen LogP contribution in [0.4, 0.5) is 0 Å². The van der Waals surface area contributed by atoms with Crippen LogP contribution < -0.4 is 0 Å². The molecular weight excluding hydrogens is 196 g/mol. The van der Waals surface area contributed by atoms with Crippen molar-refractivity contribution in [2.45, 2.75) is 32.7 Å². The molecule has 0 amide bonds. The largest absolute Gasteiger partial charge is 0.299 e. The molecule has 0 aliphatic carbocycles. The summed E-state index contributed by atoms with van der Waals surface area (Å²) in [5.74, 6) is 0. The molecule has 84 valence electrons. The van der Waals surface area contributed by atoms with E-state index in [2.05, 4.69) is 24.0 Å². The van der Waals surface area contributed by atoms with Crippen molar-refractivity contribution in [2.24, 2.45) is 0 Å². The SMILES string of the molecule is Cc1cc(C#N)ccc1CN1CCCCC1. The molecule has 1 aromatic rings. The van der Waals surface area contributed by atoms with E-state index in [0.29, 0.717) is 0 Å². The fourth-order valence-electron chi connectivity index (χ4n) is 2.30. The molecular formula is C14H18N2. The van der Waals surface area contributed by atoms with Crippen LogP contribution in [-0.4, -0.2) is 18.0 Å². The van der Waals surface area contributed by atoms with Gasteiger partial charge in [-0.2, -0.15) is 5.26 Å². The lowest BCUT2D eigenvalue weighted by molar-refractivity contribution is 0.220. The summed E-state index contributed by atoms with van der Waals surface area (Å²) < 4.78 is 0. The molecule has 1 aromatic carbocycles. The van der Waals surface area contributed by atoms with Gasteiger partial charge in [0.25, 0.3) is 0 Å². The fraction of sp³-hybridized carbons (Fsp3) is 0.500. The van der Waals surface area contributed by atoms with E-state index in [1.54, 1.807) is 0 Å². The first-order valence-electron chi connectivity index (χ1n) is 6.01. The third-order valence-corrected chi connectivity index (χ3v) is 3.31. The average Bonchev–Trinajstić information content (AvgIpc) is 2.33. The normalized spacial score (nSPS) is 17.0. The highest BCUT2D eigenvalue weighted by Gasteiger charge is 2.11. The maximum absolute atomic E-state index is 8.81. The van der Waals surface area contributed by atoms with Crippen molar-refractivity contribution < 1.29 is 0 Å². The number of nitriles is 1. The Bertz CT molecular complexity index is 398. The van der Waals surface area contributed by atoms with Crippen molar-refractivity contribution in [3.05, 3.63) is 34.9 Å². The number of aryl methyl sites for hydroxylation is 1. The minimum atomic E-state index is 0.764. The zero-order valence-corrected chi connectivity index (χ0v) is 9.87. The summed E-state index contributed by atoms with van der Waals surface area (Å²) >= 11 is 0. The maximum atomic E-state index is 8.81. The molecule has 2 rings (SSSR count). The Morgan fingerprint density at radius 1 is 1.25 bits per heavy atom. The number of benzene rings is 1. The van der Waals surface area contributed by atoms with Gasteiger partial charge in [0.05, 0.1) is 11.6 Å². The molecule has 0 N–H and O–H groups in total. The van der Waals surface area contributed by atoms with E-state index in [9.17, 15) is 0 Å². The van der Waals surface area contributed by atoms with Gasteiger partial charge in [-0.15, -0.1) is 0 Å². The van der Waals surface area contributed by atoms with Gasteiger partial charge < -0.3 is 0 Å². The molecule has 2 heteroatoms. The van der Waals surface area contributed by atoms with E-state index in [0.717, 1.165) is 12.1 Å². The van der Waals surface area contributed by atoms with Crippen LogP contribution >= 0.6 is 0 Å². The predicted molar refractivity (Wildman–Crippen MR) is 65.0 cm³/mol. The Labute approximate surface area is 97.5 Å². The number of likely N-dealkylation sites (tertiary alicyclic amines) is 1. The Hall–Kier alpha value is -1.33. The van der Waals surface area contributed by atoms with Gasteiger partial charge in [-0.3, -0.25) is 4.90 Å². The van der Waals surface area contributed by atoms with Crippen LogP contribution in [0.3, 0.4) is 0 Å². The zero-order valence-electron chi connectivity index (χ0n) is 9.87. The van der Waals surface area contributed by atoms with Crippen LogP contribution in [0.5, 0.6) is 0 Å². The second kappa shape index (κ2) is 5.14. The number of hydrogen-bond donors (Lipinski definition) is 0. The van der Waals surface area contributed by atoms with Crippen molar-refractivity contribution in [2.75, 3.05) is 13.1 Å². The van der Waals surface area contributed by atoms with Crippen LogP contribution in [0.15, 0.2) is 18.2 Å². The van der Waals surface area contributed by atoms with E-state index in [1.165, 1.54) is 43.5 Å². The maximum Gasteiger partial charge on any atom is 0.0991 e. The minimum absolute atomic E-state index is 0.764. The molecule has 0 atom stereocenters. The molecule has 1 fully saturated rings. The molecule has 0 aromatic heterocycles. The number of rotatable bonds is 2. The van der Waals surface area contributed by atoms with Crippen LogP contribution in [0.25, 0.3) is 0 Å². The summed E-state index contributed by atoms with van der Waals surface area (Å²) in [4.78, 5) is 2.51. The highest BCUT2D eigenvalue weighted by atomic mass is 15.1. The van der Waals surface area contributed by atoms with Gasteiger partial charge in [-0.05, 0) is 56.1 Å². The Morgan fingerprint density at radius 2 is 2.00 bits per heavy atom. The van der Waals surface area contributed by atoms with Gasteiger partial charge in [0, 0.05) is 6.54 Å². The van der Waals surface area contributed by atoms with Gasteiger partial charge in [0.1, 0.15) is 0 Å². The lowest BCUT2D eigenvalue weighted by Gasteiger charge is -2.27. The second-order valence-electron chi connectivity index (χ2n) is 4.59. The molecule has 16 heavy (non-hydrogen) atoms. The van der Waals surface area contributed by atoms with Crippen LogP contribution in [0.2, 0.25) is 0 Å². The van der Waals surface area contributed by atoms with E-state index in [4.69, 9.17) is 5.26 Å². The lowest BCUT2D eigenvalue weighted by Crippen LogP contribution is -2.29. The number of hydrogen-bond acceptors (Lipinski definition) is 2. The molecule has 2 nitrogen and oxygen atoms in total. The fourth-order valence-corrected chi connectivity index (χ4v) is 2.30. The lowest BCUT2D eigenvalue weighted by atomic mass is 10.0. The average molecular weight is 214 g/mol. The first-order valence-corrected chi connectivity index (χ1v) is 6.01. The van der Waals surface area contributed by atoms with Crippen molar-refractivity contribution in [1.29, 1.82) is 5.26 Å². The van der Waals surface area contributed by atoms with Crippen molar-refractivity contribution >= 4 is 0 Å². The summed E-state index contributed by atoms with van der Waals surface area (Å²) in [6.45, 7) is 5.58. The van der Waals surface area contributed by atoms with Gasteiger partial charge in [0.15, 0.2) is 0 Å². The molecule has 1 heterocycles. The number of nitrogens with zero attached hydrogens (tertiary/aromatic N) is 2. The summed E-state index contributed by atoms with van der Waals surface area (Å²) in [6, 6.07) is 8.19. The standard InChI is InChI=1S/C14H18N2/c1-12-9-13(10-15)5-6-14(12)11-16-7-3-2-4-8-16/h5-6,9H,2-4,7-8,11H2,1H3. The quantitative estimate of drug-likeness (QED) is 0.757. The van der Waals surface area contributed by atoms with E-state index in [1.807, 2.05) is 12.1 Å². The molecule has 0 unspecified atom stereocenters. The molecule has 0 spiro atoms. The van der Waals surface area contributed by atoms with Crippen molar-refractivity contribution in [3.8, 4) is 6.07 Å². The third kappa shape index (κ3) is 2.62. The van der Waals surface area contributed by atoms with Crippen molar-refractivity contribution in [1.82, 2.24) is 4.90 Å².